The van der Waals surface area contributed by atoms with Gasteiger partial charge in [-0.1, -0.05) is 179 Å². The van der Waals surface area contributed by atoms with Gasteiger partial charge in [0.1, 0.15) is 0 Å². The van der Waals surface area contributed by atoms with E-state index in [2.05, 4.69) is 52.0 Å². The zero-order valence-electron chi connectivity index (χ0n) is 32.1. The van der Waals surface area contributed by atoms with Gasteiger partial charge in [0.25, 0.3) is 0 Å². The van der Waals surface area contributed by atoms with Gasteiger partial charge in [0.05, 0.1) is 0 Å². The molecule has 0 aromatic heterocycles. The molecule has 0 heterocycles. The van der Waals surface area contributed by atoms with E-state index in [4.69, 9.17) is 0 Å². The van der Waals surface area contributed by atoms with Crippen LogP contribution in [0, 0.1) is 11.8 Å². The van der Waals surface area contributed by atoms with Crippen LogP contribution in [0.15, 0.2) is 36.5 Å². The molecule has 0 aromatic carbocycles. The van der Waals surface area contributed by atoms with Gasteiger partial charge in [-0.3, -0.25) is 0 Å². The predicted molar refractivity (Wildman–Crippen MR) is 208 cm³/mol. The fourth-order valence-electron chi connectivity index (χ4n) is 7.13. The molecule has 0 radical (unpaired) electrons. The molecule has 1 rings (SSSR count). The fourth-order valence-corrected chi connectivity index (χ4v) is 7.13. The van der Waals surface area contributed by atoms with Gasteiger partial charge in [-0.2, -0.15) is 0 Å². The lowest BCUT2D eigenvalue weighted by molar-refractivity contribution is 0.314. The second kappa shape index (κ2) is 34.5. The summed E-state index contributed by atoms with van der Waals surface area (Å²) < 4.78 is 0. The summed E-state index contributed by atoms with van der Waals surface area (Å²) in [6, 6.07) is 0. The third-order valence-electron chi connectivity index (χ3n) is 10.1. The molecule has 0 bridgehead atoms. The van der Waals surface area contributed by atoms with Crippen molar-refractivity contribution >= 4 is 0 Å². The summed E-state index contributed by atoms with van der Waals surface area (Å²) in [6.45, 7) is 19.3. The van der Waals surface area contributed by atoms with Gasteiger partial charge in [-0.25, -0.2) is 0 Å². The van der Waals surface area contributed by atoms with Crippen LogP contribution in [0.2, 0.25) is 0 Å². The number of allylic oxidation sites excluding steroid dienone is 4. The Hall–Kier alpha value is -0.820. The molecule has 1 unspecified atom stereocenters. The molecule has 1 aliphatic rings. The van der Waals surface area contributed by atoms with Crippen molar-refractivity contribution in [3.8, 4) is 0 Å². The lowest BCUT2D eigenvalue weighted by atomic mass is 9.90. The van der Waals surface area contributed by atoms with Gasteiger partial charge in [0.2, 0.25) is 0 Å². The number of nitrogens with zero attached hydrogens (tertiary/aromatic N) is 1. The van der Waals surface area contributed by atoms with Crippen LogP contribution in [-0.2, 0) is 0 Å². The molecule has 0 fully saturated rings. The van der Waals surface area contributed by atoms with E-state index in [1.54, 1.807) is 11.6 Å². The van der Waals surface area contributed by atoms with E-state index in [9.17, 15) is 0 Å². The highest BCUT2D eigenvalue weighted by Gasteiger charge is 2.12. The highest BCUT2D eigenvalue weighted by molar-refractivity contribution is 5.10. The number of unbranched alkanes of at least 4 members (excludes halogenated alkanes) is 16. The van der Waals surface area contributed by atoms with Gasteiger partial charge in [0, 0.05) is 0 Å². The van der Waals surface area contributed by atoms with Gasteiger partial charge >= 0.3 is 0 Å². The first-order valence-electron chi connectivity index (χ1n) is 20.6. The Kier molecular flexibility index (Phi) is 33.9. The zero-order valence-corrected chi connectivity index (χ0v) is 32.1. The molecule has 0 aromatic rings. The normalized spacial score (nSPS) is 14.6. The standard InChI is InChI=1S/C41H79N.C3H6/c1-6-8-20-29-40(30-21-9-7-2)31-23-17-13-11-15-19-25-36-42(5)35-24-18-14-10-12-16-22-27-38(3)28-26-32-41-34-33-39(4)37-41;1-3-2/h34,39-40H,3,6-33,35-37H2,1-2,4-5H3;3H,1H2,2H3. The van der Waals surface area contributed by atoms with Crippen LogP contribution in [0.1, 0.15) is 214 Å². The van der Waals surface area contributed by atoms with Crippen molar-refractivity contribution < 1.29 is 0 Å². The Morgan fingerprint density at radius 1 is 0.711 bits per heavy atom. The lowest BCUT2D eigenvalue weighted by Gasteiger charge is -2.17. The summed E-state index contributed by atoms with van der Waals surface area (Å²) in [7, 11) is 2.34. The van der Waals surface area contributed by atoms with Crippen molar-refractivity contribution in [1.82, 2.24) is 4.90 Å². The minimum absolute atomic E-state index is 0.895. The first-order valence-corrected chi connectivity index (χ1v) is 20.6. The molecule has 0 N–H and O–H groups in total. The molecule has 266 valence electrons. The molecular weight excluding hydrogens is 542 g/mol. The van der Waals surface area contributed by atoms with Gasteiger partial charge in [0.15, 0.2) is 0 Å². The van der Waals surface area contributed by atoms with Crippen molar-refractivity contribution in [2.45, 2.75) is 214 Å². The Balaban J connectivity index is 0.00000618. The molecular formula is C44H85N. The average molecular weight is 628 g/mol. The highest BCUT2D eigenvalue weighted by Crippen LogP contribution is 2.28. The summed E-state index contributed by atoms with van der Waals surface area (Å²) >= 11 is 0. The van der Waals surface area contributed by atoms with Crippen LogP contribution in [0.25, 0.3) is 0 Å². The van der Waals surface area contributed by atoms with Crippen LogP contribution < -0.4 is 0 Å². The minimum atomic E-state index is 0.895. The number of hydrogen-bond acceptors (Lipinski definition) is 1. The number of hydrogen-bond donors (Lipinski definition) is 0. The molecule has 1 heteroatoms. The topological polar surface area (TPSA) is 3.24 Å². The summed E-state index contributed by atoms with van der Waals surface area (Å²) in [5.74, 6) is 1.92. The third kappa shape index (κ3) is 31.5. The van der Waals surface area contributed by atoms with Crippen molar-refractivity contribution in [2.24, 2.45) is 11.8 Å². The monoisotopic (exact) mass is 628 g/mol. The second-order valence-electron chi connectivity index (χ2n) is 15.1. The molecule has 0 aliphatic heterocycles. The van der Waals surface area contributed by atoms with E-state index in [-0.39, 0.29) is 0 Å². The quantitative estimate of drug-likeness (QED) is 0.0530. The summed E-state index contributed by atoms with van der Waals surface area (Å²) in [5.41, 5.74) is 3.21. The van der Waals surface area contributed by atoms with Gasteiger partial charge < -0.3 is 4.90 Å². The zero-order chi connectivity index (χ0) is 33.2. The summed E-state index contributed by atoms with van der Waals surface area (Å²) in [4.78, 5) is 2.59. The van der Waals surface area contributed by atoms with Crippen LogP contribution >= 0.6 is 0 Å². The second-order valence-corrected chi connectivity index (χ2v) is 15.1. The molecule has 1 aliphatic carbocycles. The SMILES string of the molecule is C=C(CCCCCCCCCN(C)CCCCCCCCCC(CCCCC)CCCCC)CCCC1=CCC(C)C1.C=CC. The highest BCUT2D eigenvalue weighted by atomic mass is 15.1. The van der Waals surface area contributed by atoms with Gasteiger partial charge in [-0.05, 0) is 96.7 Å². The van der Waals surface area contributed by atoms with Crippen LogP contribution in [0.3, 0.4) is 0 Å². The smallest absolute Gasteiger partial charge is 0.00218 e. The molecule has 0 saturated carbocycles. The van der Waals surface area contributed by atoms with Crippen molar-refractivity contribution in [2.75, 3.05) is 20.1 Å². The fraction of sp³-hybridized carbons (Fsp3) is 0.864. The van der Waals surface area contributed by atoms with Gasteiger partial charge in [-0.15, -0.1) is 6.58 Å². The summed E-state index contributed by atoms with van der Waals surface area (Å²) in [5, 5.41) is 0. The largest absolute Gasteiger partial charge is 0.306 e. The molecule has 1 nitrogen and oxygen atoms in total. The summed E-state index contributed by atoms with van der Waals surface area (Å²) in [6.07, 6.45) is 45.2. The molecule has 45 heavy (non-hydrogen) atoms. The van der Waals surface area contributed by atoms with Crippen LogP contribution in [0.5, 0.6) is 0 Å². The van der Waals surface area contributed by atoms with Crippen LogP contribution in [0.4, 0.5) is 0 Å². The van der Waals surface area contributed by atoms with Crippen molar-refractivity contribution in [1.29, 1.82) is 0 Å². The maximum atomic E-state index is 4.36. The number of rotatable bonds is 32. The Labute approximate surface area is 286 Å². The first kappa shape index (κ1) is 44.2. The molecule has 0 spiro atoms. The van der Waals surface area contributed by atoms with E-state index < -0.39 is 0 Å². The lowest BCUT2D eigenvalue weighted by Crippen LogP contribution is -2.20. The predicted octanol–water partition coefficient (Wildman–Crippen LogP) is 15.2. The van der Waals surface area contributed by atoms with Crippen molar-refractivity contribution in [3.05, 3.63) is 36.5 Å². The molecule has 1 atom stereocenters. The van der Waals surface area contributed by atoms with E-state index in [1.807, 2.05) is 6.92 Å². The third-order valence-corrected chi connectivity index (χ3v) is 10.1. The average Bonchev–Trinajstić information content (AvgIpc) is 3.44. The van der Waals surface area contributed by atoms with Crippen molar-refractivity contribution in [3.63, 3.8) is 0 Å². The van der Waals surface area contributed by atoms with E-state index in [0.717, 1.165) is 11.8 Å². The maximum Gasteiger partial charge on any atom is -0.00218 e. The van der Waals surface area contributed by atoms with E-state index in [1.165, 1.54) is 205 Å². The molecule has 0 amide bonds. The maximum absolute atomic E-state index is 4.36. The van der Waals surface area contributed by atoms with E-state index in [0.29, 0.717) is 0 Å². The Morgan fingerprint density at radius 3 is 1.60 bits per heavy atom. The molecule has 0 saturated heterocycles. The van der Waals surface area contributed by atoms with E-state index >= 15 is 0 Å². The minimum Gasteiger partial charge on any atom is -0.306 e. The van der Waals surface area contributed by atoms with Crippen LogP contribution in [-0.4, -0.2) is 25.0 Å². The Morgan fingerprint density at radius 2 is 1.13 bits per heavy atom. The first-order chi connectivity index (χ1) is 22.0. The Bertz CT molecular complexity index is 650.